The van der Waals surface area contributed by atoms with Crippen molar-refractivity contribution in [3.63, 3.8) is 0 Å². The van der Waals surface area contributed by atoms with Gasteiger partial charge in [-0.3, -0.25) is 4.98 Å². The van der Waals surface area contributed by atoms with Crippen molar-refractivity contribution in [3.05, 3.63) is 24.5 Å². The van der Waals surface area contributed by atoms with Crippen LogP contribution in [0.5, 0.6) is 5.75 Å². The lowest BCUT2D eigenvalue weighted by Crippen LogP contribution is -2.47. The summed E-state index contributed by atoms with van der Waals surface area (Å²) in [6.45, 7) is 4.05. The van der Waals surface area contributed by atoms with Gasteiger partial charge in [-0.25, -0.2) is 4.79 Å². The number of likely N-dealkylation sites (tertiary alicyclic amines) is 1. The topological polar surface area (TPSA) is 54.9 Å². The molecule has 1 aromatic heterocycles. The maximum Gasteiger partial charge on any atom is 0.320 e. The van der Waals surface area contributed by atoms with Crippen LogP contribution in [0.1, 0.15) is 6.42 Å². The van der Waals surface area contributed by atoms with Crippen LogP contribution in [0.3, 0.4) is 0 Å². The van der Waals surface area contributed by atoms with Gasteiger partial charge in [0.25, 0.3) is 0 Å². The number of carbonyl (C=O) groups is 1. The molecule has 0 N–H and O–H groups in total. The highest BCUT2D eigenvalue weighted by atomic mass is 16.5. The van der Waals surface area contributed by atoms with Gasteiger partial charge >= 0.3 is 6.03 Å². The number of morpholine rings is 1. The van der Waals surface area contributed by atoms with Crippen LogP contribution in [0.2, 0.25) is 0 Å². The average Bonchev–Trinajstić information content (AvgIpc) is 2.97. The van der Waals surface area contributed by atoms with Gasteiger partial charge < -0.3 is 19.3 Å². The highest BCUT2D eigenvalue weighted by Gasteiger charge is 2.31. The Bertz CT molecular complexity index is 448. The fourth-order valence-corrected chi connectivity index (χ4v) is 2.56. The molecule has 20 heavy (non-hydrogen) atoms. The second-order valence-electron chi connectivity index (χ2n) is 5.04. The Balaban J connectivity index is 1.52. The van der Waals surface area contributed by atoms with E-state index < -0.39 is 0 Å². The van der Waals surface area contributed by atoms with Crippen molar-refractivity contribution in [1.82, 2.24) is 14.8 Å². The lowest BCUT2D eigenvalue weighted by Gasteiger charge is -2.30. The number of nitrogens with zero attached hydrogens (tertiary/aromatic N) is 3. The lowest BCUT2D eigenvalue weighted by atomic mass is 10.3. The Labute approximate surface area is 118 Å². The molecule has 1 atom stereocenters. The number of pyridine rings is 1. The minimum Gasteiger partial charge on any atom is -0.488 e. The molecule has 0 aromatic carbocycles. The fourth-order valence-electron chi connectivity index (χ4n) is 2.56. The summed E-state index contributed by atoms with van der Waals surface area (Å²) in [7, 11) is 0. The van der Waals surface area contributed by atoms with E-state index >= 15 is 0 Å². The smallest absolute Gasteiger partial charge is 0.320 e. The molecule has 0 bridgehead atoms. The van der Waals surface area contributed by atoms with Crippen LogP contribution < -0.4 is 4.74 Å². The van der Waals surface area contributed by atoms with E-state index in [1.54, 1.807) is 12.4 Å². The first kappa shape index (κ1) is 13.2. The van der Waals surface area contributed by atoms with E-state index in [4.69, 9.17) is 9.47 Å². The van der Waals surface area contributed by atoms with Gasteiger partial charge in [-0.1, -0.05) is 0 Å². The lowest BCUT2D eigenvalue weighted by molar-refractivity contribution is 0.0443. The Hall–Kier alpha value is -1.82. The first-order valence-corrected chi connectivity index (χ1v) is 7.01. The molecule has 1 unspecified atom stereocenters. The maximum absolute atomic E-state index is 12.3. The molecule has 2 aliphatic rings. The van der Waals surface area contributed by atoms with Crippen molar-refractivity contribution < 1.29 is 14.3 Å². The summed E-state index contributed by atoms with van der Waals surface area (Å²) in [5.41, 5.74) is 0. The number of aromatic nitrogens is 1. The Morgan fingerprint density at radius 1 is 1.20 bits per heavy atom. The van der Waals surface area contributed by atoms with Gasteiger partial charge in [0.2, 0.25) is 0 Å². The van der Waals surface area contributed by atoms with Crippen LogP contribution in [-0.2, 0) is 4.74 Å². The molecule has 0 saturated carbocycles. The SMILES string of the molecule is O=C(N1CCOCC1)N1CCC(Oc2ccncc2)C1. The molecule has 108 valence electrons. The zero-order valence-corrected chi connectivity index (χ0v) is 11.4. The van der Waals surface area contributed by atoms with E-state index in [1.807, 2.05) is 21.9 Å². The molecule has 0 aliphatic carbocycles. The van der Waals surface area contributed by atoms with Crippen LogP contribution >= 0.6 is 0 Å². The summed E-state index contributed by atoms with van der Waals surface area (Å²) in [5, 5.41) is 0. The quantitative estimate of drug-likeness (QED) is 0.809. The van der Waals surface area contributed by atoms with Crippen LogP contribution in [0, 0.1) is 0 Å². The number of urea groups is 1. The van der Waals surface area contributed by atoms with Gasteiger partial charge in [-0.15, -0.1) is 0 Å². The molecule has 0 radical (unpaired) electrons. The molecule has 3 rings (SSSR count). The average molecular weight is 277 g/mol. The van der Waals surface area contributed by atoms with Gasteiger partial charge in [0.05, 0.1) is 19.8 Å². The molecule has 6 nitrogen and oxygen atoms in total. The zero-order chi connectivity index (χ0) is 13.8. The second-order valence-corrected chi connectivity index (χ2v) is 5.04. The van der Waals surface area contributed by atoms with E-state index in [-0.39, 0.29) is 12.1 Å². The van der Waals surface area contributed by atoms with Gasteiger partial charge in [0.15, 0.2) is 0 Å². The minimum atomic E-state index is 0.0717. The minimum absolute atomic E-state index is 0.0717. The number of amides is 2. The van der Waals surface area contributed by atoms with Crippen molar-refractivity contribution in [3.8, 4) is 5.75 Å². The van der Waals surface area contributed by atoms with Crippen molar-refractivity contribution >= 4 is 6.03 Å². The molecule has 0 spiro atoms. The normalized spacial score (nSPS) is 22.9. The Morgan fingerprint density at radius 2 is 1.95 bits per heavy atom. The monoisotopic (exact) mass is 277 g/mol. The largest absolute Gasteiger partial charge is 0.488 e. The predicted octanol–water partition coefficient (Wildman–Crippen LogP) is 0.987. The Morgan fingerprint density at radius 3 is 2.70 bits per heavy atom. The fraction of sp³-hybridized carbons (Fsp3) is 0.571. The predicted molar refractivity (Wildman–Crippen MR) is 72.6 cm³/mol. The van der Waals surface area contributed by atoms with Crippen molar-refractivity contribution in [2.45, 2.75) is 12.5 Å². The summed E-state index contributed by atoms with van der Waals surface area (Å²) in [5.74, 6) is 0.811. The van der Waals surface area contributed by atoms with Gasteiger partial charge in [-0.05, 0) is 12.1 Å². The number of hydrogen-bond acceptors (Lipinski definition) is 4. The molecule has 2 fully saturated rings. The first-order chi connectivity index (χ1) is 9.83. The van der Waals surface area contributed by atoms with Crippen molar-refractivity contribution in [1.29, 1.82) is 0 Å². The number of rotatable bonds is 2. The third-order valence-electron chi connectivity index (χ3n) is 3.65. The van der Waals surface area contributed by atoms with Crippen LogP contribution in [-0.4, -0.2) is 66.3 Å². The van der Waals surface area contributed by atoms with Crippen molar-refractivity contribution in [2.75, 3.05) is 39.4 Å². The summed E-state index contributed by atoms with van der Waals surface area (Å²) in [6.07, 6.45) is 4.36. The van der Waals surface area contributed by atoms with E-state index in [9.17, 15) is 4.79 Å². The molecule has 1 aromatic rings. The van der Waals surface area contributed by atoms with Crippen LogP contribution in [0.15, 0.2) is 24.5 Å². The molecule has 2 amide bonds. The van der Waals surface area contributed by atoms with Gasteiger partial charge in [0.1, 0.15) is 11.9 Å². The zero-order valence-electron chi connectivity index (χ0n) is 11.4. The number of hydrogen-bond donors (Lipinski definition) is 0. The molecule has 2 aliphatic heterocycles. The third-order valence-corrected chi connectivity index (χ3v) is 3.65. The van der Waals surface area contributed by atoms with E-state index in [2.05, 4.69) is 4.98 Å². The highest BCUT2D eigenvalue weighted by molar-refractivity contribution is 5.75. The molecule has 6 heteroatoms. The van der Waals surface area contributed by atoms with Crippen molar-refractivity contribution in [2.24, 2.45) is 0 Å². The van der Waals surface area contributed by atoms with E-state index in [0.29, 0.717) is 32.8 Å². The molecular weight excluding hydrogens is 258 g/mol. The van der Waals surface area contributed by atoms with E-state index in [0.717, 1.165) is 18.7 Å². The molecule has 3 heterocycles. The van der Waals surface area contributed by atoms with E-state index in [1.165, 1.54) is 0 Å². The van der Waals surface area contributed by atoms with Gasteiger partial charge in [-0.2, -0.15) is 0 Å². The van der Waals surface area contributed by atoms with Gasteiger partial charge in [0, 0.05) is 38.4 Å². The summed E-state index contributed by atoms with van der Waals surface area (Å²) in [4.78, 5) is 20.0. The summed E-state index contributed by atoms with van der Waals surface area (Å²) < 4.78 is 11.1. The first-order valence-electron chi connectivity index (χ1n) is 7.01. The summed E-state index contributed by atoms with van der Waals surface area (Å²) in [6, 6.07) is 3.79. The van der Waals surface area contributed by atoms with Crippen LogP contribution in [0.25, 0.3) is 0 Å². The molecular formula is C14H19N3O3. The van der Waals surface area contributed by atoms with Crippen LogP contribution in [0.4, 0.5) is 4.79 Å². The summed E-state index contributed by atoms with van der Waals surface area (Å²) >= 11 is 0. The standard InChI is InChI=1S/C14H19N3O3/c18-14(16-7-9-19-10-8-16)17-6-3-13(11-17)20-12-1-4-15-5-2-12/h1-2,4-5,13H,3,6-11H2. The second kappa shape index (κ2) is 6.09. The number of carbonyl (C=O) groups excluding carboxylic acids is 1. The Kier molecular flexibility index (Phi) is 4.01. The maximum atomic E-state index is 12.3. The molecule has 2 saturated heterocycles. The number of ether oxygens (including phenoxy) is 2. The highest BCUT2D eigenvalue weighted by Crippen LogP contribution is 2.18. The third kappa shape index (κ3) is 3.01.